The fourth-order valence-corrected chi connectivity index (χ4v) is 1.53. The summed E-state index contributed by atoms with van der Waals surface area (Å²) in [6, 6.07) is 0. The molecule has 0 aromatic carbocycles. The van der Waals surface area contributed by atoms with Gasteiger partial charge in [-0.3, -0.25) is 0 Å². The maximum Gasteiger partial charge on any atom is 0.163 e. The van der Waals surface area contributed by atoms with Gasteiger partial charge in [-0.25, -0.2) is 15.0 Å². The van der Waals surface area contributed by atoms with Crippen molar-refractivity contribution in [3.63, 3.8) is 0 Å². The van der Waals surface area contributed by atoms with Crippen LogP contribution in [-0.2, 0) is 13.5 Å². The Labute approximate surface area is 83.4 Å². The fraction of sp³-hybridized carbons (Fsp3) is 0.500. The molecule has 0 aromatic heterocycles. The summed E-state index contributed by atoms with van der Waals surface area (Å²) in [5.74, 6) is 1.51. The van der Waals surface area contributed by atoms with E-state index >= 15 is 0 Å². The van der Waals surface area contributed by atoms with Crippen LogP contribution in [0.5, 0.6) is 0 Å². The molecule has 0 spiro atoms. The Balaban J connectivity index is 2.47. The SMILES string of the molecule is CC(C)Cc1ncn(C)c2ncnc1-2. The first-order chi connectivity index (χ1) is 6.68. The number of nitrogens with zero attached hydrogens (tertiary/aromatic N) is 4. The molecule has 2 aliphatic rings. The lowest BCUT2D eigenvalue weighted by atomic mass is 10.1. The van der Waals surface area contributed by atoms with E-state index in [-0.39, 0.29) is 0 Å². The lowest BCUT2D eigenvalue weighted by Crippen LogP contribution is -2.07. The molecular formula is C10H14N4. The fourth-order valence-electron chi connectivity index (χ4n) is 1.53. The van der Waals surface area contributed by atoms with E-state index in [2.05, 4.69) is 28.8 Å². The summed E-state index contributed by atoms with van der Waals surface area (Å²) in [7, 11) is 1.93. The van der Waals surface area contributed by atoms with Crippen molar-refractivity contribution in [1.82, 2.24) is 19.5 Å². The summed E-state index contributed by atoms with van der Waals surface area (Å²) in [6.45, 7) is 4.35. The summed E-state index contributed by atoms with van der Waals surface area (Å²) >= 11 is 0. The zero-order valence-electron chi connectivity index (χ0n) is 8.73. The van der Waals surface area contributed by atoms with Gasteiger partial charge in [-0.05, 0) is 12.3 Å². The van der Waals surface area contributed by atoms with E-state index in [1.54, 1.807) is 12.7 Å². The molecule has 0 N–H and O–H groups in total. The molecule has 0 radical (unpaired) electrons. The predicted octanol–water partition coefficient (Wildman–Crippen LogP) is 1.51. The molecule has 2 heterocycles. The van der Waals surface area contributed by atoms with E-state index in [4.69, 9.17) is 0 Å². The number of imidazole rings is 1. The summed E-state index contributed by atoms with van der Waals surface area (Å²) < 4.78 is 1.90. The minimum atomic E-state index is 0.593. The Hall–Kier alpha value is -1.45. The smallest absolute Gasteiger partial charge is 0.163 e. The van der Waals surface area contributed by atoms with Crippen molar-refractivity contribution < 1.29 is 0 Å². The normalized spacial score (nSPS) is 11.4. The first-order valence-electron chi connectivity index (χ1n) is 4.79. The molecule has 4 nitrogen and oxygen atoms in total. The van der Waals surface area contributed by atoms with E-state index < -0.39 is 0 Å². The Morgan fingerprint density at radius 2 is 2.07 bits per heavy atom. The van der Waals surface area contributed by atoms with Crippen LogP contribution in [0.3, 0.4) is 0 Å². The van der Waals surface area contributed by atoms with Crippen LogP contribution in [-0.4, -0.2) is 19.5 Å². The molecule has 0 bridgehead atoms. The van der Waals surface area contributed by atoms with E-state index in [0.29, 0.717) is 5.92 Å². The zero-order chi connectivity index (χ0) is 10.1. The van der Waals surface area contributed by atoms with Crippen molar-refractivity contribution in [3.8, 4) is 11.5 Å². The van der Waals surface area contributed by atoms with E-state index in [9.17, 15) is 0 Å². The maximum absolute atomic E-state index is 4.38. The second kappa shape index (κ2) is 3.36. The molecule has 0 unspecified atom stereocenters. The average molecular weight is 190 g/mol. The second-order valence-electron chi connectivity index (χ2n) is 3.95. The highest BCUT2D eigenvalue weighted by atomic mass is 15.1. The first kappa shape index (κ1) is 9.12. The number of hydrogen-bond acceptors (Lipinski definition) is 3. The Morgan fingerprint density at radius 3 is 2.79 bits per heavy atom. The first-order valence-corrected chi connectivity index (χ1v) is 4.79. The Kier molecular flexibility index (Phi) is 2.19. The van der Waals surface area contributed by atoms with Gasteiger partial charge in [-0.1, -0.05) is 13.8 Å². The van der Waals surface area contributed by atoms with Crippen LogP contribution in [0.4, 0.5) is 0 Å². The highest BCUT2D eigenvalue weighted by Gasteiger charge is 2.15. The monoisotopic (exact) mass is 190 g/mol. The molecule has 0 aromatic rings. The molecule has 74 valence electrons. The van der Waals surface area contributed by atoms with Gasteiger partial charge in [0.05, 0.1) is 12.0 Å². The lowest BCUT2D eigenvalue weighted by Gasteiger charge is -2.10. The van der Waals surface area contributed by atoms with E-state index in [1.165, 1.54) is 0 Å². The van der Waals surface area contributed by atoms with Crippen molar-refractivity contribution in [3.05, 3.63) is 18.3 Å². The number of hydrogen-bond donors (Lipinski definition) is 0. The van der Waals surface area contributed by atoms with Gasteiger partial charge in [0.2, 0.25) is 0 Å². The number of rotatable bonds is 2. The van der Waals surface area contributed by atoms with Crippen LogP contribution >= 0.6 is 0 Å². The van der Waals surface area contributed by atoms with Gasteiger partial charge in [-0.2, -0.15) is 0 Å². The van der Waals surface area contributed by atoms with Crippen LogP contribution in [0.15, 0.2) is 12.7 Å². The molecule has 0 fully saturated rings. The molecule has 2 rings (SSSR count). The molecule has 0 saturated carbocycles. The van der Waals surface area contributed by atoms with Gasteiger partial charge in [0.25, 0.3) is 0 Å². The van der Waals surface area contributed by atoms with Gasteiger partial charge < -0.3 is 4.57 Å². The van der Waals surface area contributed by atoms with Gasteiger partial charge >= 0.3 is 0 Å². The predicted molar refractivity (Wildman–Crippen MR) is 54.0 cm³/mol. The zero-order valence-corrected chi connectivity index (χ0v) is 8.73. The van der Waals surface area contributed by atoms with Crippen molar-refractivity contribution in [1.29, 1.82) is 0 Å². The number of aromatic nitrogens is 4. The standard InChI is InChI=1S/C10H14N4/c1-7(2)4-8-9-10(12-5-11-9)14(3)6-13-8/h5-7H,4H2,1-3H3. The molecule has 0 amide bonds. The molecule has 2 aliphatic heterocycles. The van der Waals surface area contributed by atoms with Crippen molar-refractivity contribution in [2.24, 2.45) is 13.0 Å². The molecular weight excluding hydrogens is 176 g/mol. The quantitative estimate of drug-likeness (QED) is 0.721. The summed E-state index contributed by atoms with van der Waals surface area (Å²) in [6.07, 6.45) is 4.35. The van der Waals surface area contributed by atoms with Crippen LogP contribution in [0.2, 0.25) is 0 Å². The van der Waals surface area contributed by atoms with Gasteiger partial charge in [0.1, 0.15) is 12.0 Å². The number of fused-ring (bicyclic) bond motifs is 1. The summed E-state index contributed by atoms with van der Waals surface area (Å²) in [5, 5.41) is 0. The molecule has 0 atom stereocenters. The third kappa shape index (κ3) is 1.47. The van der Waals surface area contributed by atoms with Crippen molar-refractivity contribution >= 4 is 0 Å². The van der Waals surface area contributed by atoms with Gasteiger partial charge in [-0.15, -0.1) is 0 Å². The lowest BCUT2D eigenvalue weighted by molar-refractivity contribution is 0.629. The van der Waals surface area contributed by atoms with E-state index in [1.807, 2.05) is 11.6 Å². The minimum absolute atomic E-state index is 0.593. The highest BCUT2D eigenvalue weighted by Crippen LogP contribution is 2.20. The summed E-state index contributed by atoms with van der Waals surface area (Å²) in [4.78, 5) is 12.8. The molecule has 14 heavy (non-hydrogen) atoms. The van der Waals surface area contributed by atoms with Crippen LogP contribution < -0.4 is 0 Å². The average Bonchev–Trinajstić information content (AvgIpc) is 2.58. The largest absolute Gasteiger partial charge is 0.318 e. The minimum Gasteiger partial charge on any atom is -0.318 e. The van der Waals surface area contributed by atoms with Gasteiger partial charge in [0.15, 0.2) is 5.82 Å². The molecule has 0 saturated heterocycles. The Bertz CT molecular complexity index is 405. The molecule has 4 heteroatoms. The number of aryl methyl sites for hydroxylation is 1. The van der Waals surface area contributed by atoms with Crippen LogP contribution in [0.1, 0.15) is 19.5 Å². The maximum atomic E-state index is 4.38. The van der Waals surface area contributed by atoms with Crippen molar-refractivity contribution in [2.75, 3.05) is 0 Å². The Morgan fingerprint density at radius 1 is 1.29 bits per heavy atom. The third-order valence-electron chi connectivity index (χ3n) is 2.17. The van der Waals surface area contributed by atoms with Gasteiger partial charge in [0, 0.05) is 7.05 Å². The van der Waals surface area contributed by atoms with Crippen LogP contribution in [0, 0.1) is 5.92 Å². The highest BCUT2D eigenvalue weighted by molar-refractivity contribution is 5.53. The van der Waals surface area contributed by atoms with Crippen LogP contribution in [0.25, 0.3) is 11.5 Å². The van der Waals surface area contributed by atoms with Crippen molar-refractivity contribution in [2.45, 2.75) is 20.3 Å². The summed E-state index contributed by atoms with van der Waals surface area (Å²) in [5.41, 5.74) is 1.98. The second-order valence-corrected chi connectivity index (χ2v) is 3.95. The molecule has 0 aliphatic carbocycles. The third-order valence-corrected chi connectivity index (χ3v) is 2.17. The van der Waals surface area contributed by atoms with E-state index in [0.717, 1.165) is 23.6 Å². The topological polar surface area (TPSA) is 43.6 Å².